The van der Waals surface area contributed by atoms with Crippen molar-refractivity contribution in [2.24, 2.45) is 0 Å². The van der Waals surface area contributed by atoms with E-state index in [4.69, 9.17) is 0 Å². The van der Waals surface area contributed by atoms with Gasteiger partial charge in [-0.1, -0.05) is 234 Å². The quantitative estimate of drug-likeness (QED) is 0.0424. The molecular weight excluding hydrogens is 711 g/mol. The molecule has 2 atom stereocenters. The van der Waals surface area contributed by atoms with Gasteiger partial charge < -0.3 is 15.5 Å². The minimum absolute atomic E-state index is 0.0797. The Morgan fingerprint density at radius 3 is 1.21 bits per heavy atom. The number of unbranched alkanes of at least 4 members (excludes halogenated alkanes) is 25. The Hall–Kier alpha value is -2.43. The Balaban J connectivity index is 3.60. The van der Waals surface area contributed by atoms with Crippen LogP contribution in [-0.4, -0.2) is 34.9 Å². The van der Waals surface area contributed by atoms with E-state index in [0.717, 1.165) is 64.2 Å². The monoisotopic (exact) mass is 806 g/mol. The summed E-state index contributed by atoms with van der Waals surface area (Å²) < 4.78 is 0. The van der Waals surface area contributed by atoms with Gasteiger partial charge in [-0.05, 0) is 77.0 Å². The summed E-state index contributed by atoms with van der Waals surface area (Å²) in [6.45, 7) is 4.19. The van der Waals surface area contributed by atoms with E-state index in [-0.39, 0.29) is 12.5 Å². The summed E-state index contributed by atoms with van der Waals surface area (Å²) in [7, 11) is 0. The van der Waals surface area contributed by atoms with E-state index in [1.165, 1.54) is 148 Å². The van der Waals surface area contributed by atoms with E-state index in [1.54, 1.807) is 6.08 Å². The molecular formula is C54H95NO3. The molecule has 0 radical (unpaired) electrons. The maximum absolute atomic E-state index is 12.4. The van der Waals surface area contributed by atoms with Crippen LogP contribution in [0.4, 0.5) is 0 Å². The third-order valence-electron chi connectivity index (χ3n) is 10.9. The second-order valence-electron chi connectivity index (χ2n) is 16.5. The van der Waals surface area contributed by atoms with Crippen molar-refractivity contribution in [2.45, 2.75) is 244 Å². The fourth-order valence-electron chi connectivity index (χ4n) is 7.10. The van der Waals surface area contributed by atoms with Gasteiger partial charge >= 0.3 is 0 Å². The van der Waals surface area contributed by atoms with Crippen LogP contribution < -0.4 is 5.32 Å². The molecule has 0 heterocycles. The first-order valence-electron chi connectivity index (χ1n) is 24.8. The lowest BCUT2D eigenvalue weighted by molar-refractivity contribution is -0.123. The molecule has 4 nitrogen and oxygen atoms in total. The molecule has 0 aliphatic rings. The Bertz CT molecular complexity index is 1050. The normalized spacial score (nSPS) is 13.7. The van der Waals surface area contributed by atoms with E-state index in [2.05, 4.69) is 92.1 Å². The number of aliphatic hydroxyl groups excluding tert-OH is 2. The third kappa shape index (κ3) is 44.7. The number of aliphatic hydroxyl groups is 2. The Labute approximate surface area is 361 Å². The molecule has 0 aliphatic carbocycles. The van der Waals surface area contributed by atoms with Crippen LogP contribution in [0.1, 0.15) is 232 Å². The molecule has 4 heteroatoms. The molecule has 0 bridgehead atoms. The van der Waals surface area contributed by atoms with E-state index in [9.17, 15) is 15.0 Å². The Morgan fingerprint density at radius 2 is 0.776 bits per heavy atom. The van der Waals surface area contributed by atoms with Gasteiger partial charge in [0.15, 0.2) is 0 Å². The van der Waals surface area contributed by atoms with Gasteiger partial charge in [-0.25, -0.2) is 0 Å². The van der Waals surface area contributed by atoms with E-state index in [1.807, 2.05) is 6.08 Å². The number of amides is 1. The second kappa shape index (κ2) is 48.9. The smallest absolute Gasteiger partial charge is 0.220 e. The Kier molecular flexibility index (Phi) is 46.9. The molecule has 58 heavy (non-hydrogen) atoms. The highest BCUT2D eigenvalue weighted by molar-refractivity contribution is 5.76. The van der Waals surface area contributed by atoms with Crippen LogP contribution in [0.5, 0.6) is 0 Å². The van der Waals surface area contributed by atoms with E-state index < -0.39 is 12.1 Å². The van der Waals surface area contributed by atoms with Crippen molar-refractivity contribution in [1.29, 1.82) is 0 Å². The molecule has 0 rings (SSSR count). The minimum Gasteiger partial charge on any atom is -0.394 e. The predicted molar refractivity (Wildman–Crippen MR) is 257 cm³/mol. The first-order chi connectivity index (χ1) is 28.7. The average molecular weight is 806 g/mol. The summed E-state index contributed by atoms with van der Waals surface area (Å²) in [5, 5.41) is 23.1. The summed E-state index contributed by atoms with van der Waals surface area (Å²) >= 11 is 0. The van der Waals surface area contributed by atoms with Gasteiger partial charge in [0.05, 0.1) is 18.8 Å². The molecule has 1 amide bonds. The highest BCUT2D eigenvalue weighted by Gasteiger charge is 2.17. The van der Waals surface area contributed by atoms with Gasteiger partial charge in [-0.3, -0.25) is 4.79 Å². The van der Waals surface area contributed by atoms with Crippen LogP contribution in [0.3, 0.4) is 0 Å². The van der Waals surface area contributed by atoms with Crippen LogP contribution in [0, 0.1) is 0 Å². The van der Waals surface area contributed by atoms with Gasteiger partial charge in [-0.2, -0.15) is 0 Å². The summed E-state index contributed by atoms with van der Waals surface area (Å²) in [6, 6.07) is -0.645. The standard InChI is InChI=1S/C54H95NO3/c1-3-5-7-9-11-13-15-17-19-21-23-24-25-26-27-28-29-30-32-34-36-38-40-42-44-46-48-50-54(58)55-52(51-56)53(57)49-47-45-43-41-39-37-35-33-31-22-20-18-16-14-12-10-8-6-4-2/h5,7,11,13,17,19,23-24,26-27,39,41,47,49,52-53,56-57H,3-4,6,8-10,12,14-16,18,20-22,25,28-38,40,42-46,48,50-51H2,1-2H3,(H,55,58)/b7-5-,13-11-,19-17-,24-23-,27-26-,41-39+,49-47+. The number of nitrogens with one attached hydrogen (secondary N) is 1. The van der Waals surface area contributed by atoms with Gasteiger partial charge in [0.25, 0.3) is 0 Å². The number of hydrogen-bond acceptors (Lipinski definition) is 3. The molecule has 2 unspecified atom stereocenters. The number of carbonyl (C=O) groups is 1. The highest BCUT2D eigenvalue weighted by atomic mass is 16.3. The number of rotatable bonds is 44. The largest absolute Gasteiger partial charge is 0.394 e. The third-order valence-corrected chi connectivity index (χ3v) is 10.9. The molecule has 0 saturated heterocycles. The zero-order valence-electron chi connectivity index (χ0n) is 38.3. The second-order valence-corrected chi connectivity index (χ2v) is 16.5. The fraction of sp³-hybridized carbons (Fsp3) is 0.722. The van der Waals surface area contributed by atoms with Crippen molar-refractivity contribution in [3.8, 4) is 0 Å². The first-order valence-corrected chi connectivity index (χ1v) is 24.8. The van der Waals surface area contributed by atoms with Gasteiger partial charge in [-0.15, -0.1) is 0 Å². The van der Waals surface area contributed by atoms with Gasteiger partial charge in [0, 0.05) is 6.42 Å². The van der Waals surface area contributed by atoms with Crippen LogP contribution in [0.15, 0.2) is 85.1 Å². The van der Waals surface area contributed by atoms with Gasteiger partial charge in [0.2, 0.25) is 5.91 Å². The lowest BCUT2D eigenvalue weighted by Crippen LogP contribution is -2.45. The van der Waals surface area contributed by atoms with Crippen molar-refractivity contribution in [1.82, 2.24) is 5.32 Å². The number of carbonyl (C=O) groups excluding carboxylic acids is 1. The lowest BCUT2D eigenvalue weighted by atomic mass is 10.0. The van der Waals surface area contributed by atoms with Crippen molar-refractivity contribution in [2.75, 3.05) is 6.61 Å². The molecule has 0 aromatic carbocycles. The molecule has 0 fully saturated rings. The summed E-state index contributed by atoms with van der Waals surface area (Å²) in [6.07, 6.45) is 71.4. The van der Waals surface area contributed by atoms with Crippen molar-refractivity contribution < 1.29 is 15.0 Å². The average Bonchev–Trinajstić information content (AvgIpc) is 3.23. The van der Waals surface area contributed by atoms with Crippen LogP contribution >= 0.6 is 0 Å². The molecule has 0 aromatic heterocycles. The molecule has 0 aliphatic heterocycles. The number of allylic oxidation sites excluding steroid dienone is 13. The molecule has 0 saturated carbocycles. The molecule has 3 N–H and O–H groups in total. The first kappa shape index (κ1) is 55.6. The van der Waals surface area contributed by atoms with Crippen molar-refractivity contribution >= 4 is 5.91 Å². The maximum Gasteiger partial charge on any atom is 0.220 e. The van der Waals surface area contributed by atoms with Crippen molar-refractivity contribution in [3.05, 3.63) is 85.1 Å². The van der Waals surface area contributed by atoms with Crippen LogP contribution in [-0.2, 0) is 4.79 Å². The zero-order valence-corrected chi connectivity index (χ0v) is 38.3. The SMILES string of the molecule is CC/C=C\C/C=C\C/C=C\C/C=C\C/C=C\CCCCCCCCCCCCCC(=O)NC(CO)C(O)/C=C/CC/C=C/CCCCCCCCCCCCCCC. The van der Waals surface area contributed by atoms with E-state index >= 15 is 0 Å². The number of hydrogen-bond donors (Lipinski definition) is 3. The summed E-state index contributed by atoms with van der Waals surface area (Å²) in [5.41, 5.74) is 0. The van der Waals surface area contributed by atoms with Gasteiger partial charge in [0.1, 0.15) is 0 Å². The van der Waals surface area contributed by atoms with Crippen molar-refractivity contribution in [3.63, 3.8) is 0 Å². The maximum atomic E-state index is 12.4. The fourth-order valence-corrected chi connectivity index (χ4v) is 7.10. The summed E-state index contributed by atoms with van der Waals surface area (Å²) in [5.74, 6) is -0.0797. The lowest BCUT2D eigenvalue weighted by Gasteiger charge is -2.19. The van der Waals surface area contributed by atoms with Crippen LogP contribution in [0.2, 0.25) is 0 Å². The highest BCUT2D eigenvalue weighted by Crippen LogP contribution is 2.15. The molecule has 0 spiro atoms. The molecule has 0 aromatic rings. The molecule has 334 valence electrons. The predicted octanol–water partition coefficient (Wildman–Crippen LogP) is 16.0. The Morgan fingerprint density at radius 1 is 0.431 bits per heavy atom. The minimum atomic E-state index is -0.868. The summed E-state index contributed by atoms with van der Waals surface area (Å²) in [4.78, 5) is 12.4. The zero-order chi connectivity index (χ0) is 42.1. The topological polar surface area (TPSA) is 69.6 Å². The van der Waals surface area contributed by atoms with E-state index in [0.29, 0.717) is 6.42 Å². The van der Waals surface area contributed by atoms with Crippen LogP contribution in [0.25, 0.3) is 0 Å².